The summed E-state index contributed by atoms with van der Waals surface area (Å²) in [4.78, 5) is 24.1. The highest BCUT2D eigenvalue weighted by atomic mass is 19.1. The van der Waals surface area contributed by atoms with Crippen LogP contribution in [0.2, 0.25) is 0 Å². The molecule has 0 spiro atoms. The number of carbonyl (C=O) groups excluding carboxylic acids is 1. The lowest BCUT2D eigenvalue weighted by atomic mass is 10.1. The Morgan fingerprint density at radius 2 is 1.80 bits per heavy atom. The molecule has 1 aliphatic rings. The lowest BCUT2D eigenvalue weighted by molar-refractivity contribution is 0.0948. The highest BCUT2D eigenvalue weighted by Gasteiger charge is 2.22. The molecule has 0 radical (unpaired) electrons. The Kier molecular flexibility index (Phi) is 5.99. The van der Waals surface area contributed by atoms with Gasteiger partial charge in [0.1, 0.15) is 17.2 Å². The summed E-state index contributed by atoms with van der Waals surface area (Å²) < 4.78 is 18.5. The Morgan fingerprint density at radius 1 is 1.10 bits per heavy atom. The van der Waals surface area contributed by atoms with Crippen LogP contribution in [0.4, 0.5) is 10.2 Å². The second-order valence-corrected chi connectivity index (χ2v) is 7.21. The average molecular weight is 406 g/mol. The third-order valence-electron chi connectivity index (χ3n) is 5.00. The minimum Gasteiger partial charge on any atom is -0.378 e. The largest absolute Gasteiger partial charge is 0.378 e. The van der Waals surface area contributed by atoms with Crippen molar-refractivity contribution in [1.82, 2.24) is 15.3 Å². The molecule has 7 heteroatoms. The number of amides is 1. The number of hydrogen-bond donors (Lipinski definition) is 1. The van der Waals surface area contributed by atoms with Crippen molar-refractivity contribution in [3.05, 3.63) is 77.2 Å². The van der Waals surface area contributed by atoms with E-state index in [0.29, 0.717) is 50.1 Å². The predicted molar refractivity (Wildman–Crippen MR) is 113 cm³/mol. The Hall–Kier alpha value is -3.32. The number of aromatic nitrogens is 2. The number of halogens is 1. The third kappa shape index (κ3) is 4.63. The first kappa shape index (κ1) is 20.0. The standard InChI is InChI=1S/C23H23FN4O2/c1-16-2-6-18(7-3-16)21-25-15-20(22(27-21)28-10-12-30-13-11-28)23(29)26-14-17-4-8-19(24)9-5-17/h2-9,15H,10-14H2,1H3,(H,26,29). The van der Waals surface area contributed by atoms with Crippen molar-refractivity contribution < 1.29 is 13.9 Å². The zero-order valence-corrected chi connectivity index (χ0v) is 16.8. The van der Waals surface area contributed by atoms with Gasteiger partial charge in [-0.15, -0.1) is 0 Å². The lowest BCUT2D eigenvalue weighted by Gasteiger charge is -2.29. The quantitative estimate of drug-likeness (QED) is 0.704. The topological polar surface area (TPSA) is 67.4 Å². The number of nitrogens with zero attached hydrogens (tertiary/aromatic N) is 3. The van der Waals surface area contributed by atoms with E-state index in [4.69, 9.17) is 9.72 Å². The van der Waals surface area contributed by atoms with Gasteiger partial charge < -0.3 is 15.0 Å². The Morgan fingerprint density at radius 3 is 2.50 bits per heavy atom. The van der Waals surface area contributed by atoms with Crippen LogP contribution in [0.15, 0.2) is 54.7 Å². The minimum absolute atomic E-state index is 0.267. The molecule has 1 fully saturated rings. The molecule has 1 aromatic heterocycles. The number of anilines is 1. The fourth-order valence-corrected chi connectivity index (χ4v) is 3.27. The second kappa shape index (κ2) is 9.00. The molecule has 2 aromatic carbocycles. The minimum atomic E-state index is -0.306. The normalized spacial score (nSPS) is 13.9. The van der Waals surface area contributed by atoms with Crippen molar-refractivity contribution in [2.45, 2.75) is 13.5 Å². The molecule has 0 unspecified atom stereocenters. The summed E-state index contributed by atoms with van der Waals surface area (Å²) in [6, 6.07) is 14.0. The molecule has 0 atom stereocenters. The fraction of sp³-hybridized carbons (Fsp3) is 0.261. The van der Waals surface area contributed by atoms with E-state index in [1.165, 1.54) is 12.1 Å². The zero-order valence-electron chi connectivity index (χ0n) is 16.8. The maximum atomic E-state index is 13.1. The number of nitrogens with one attached hydrogen (secondary N) is 1. The molecule has 1 N–H and O–H groups in total. The molecule has 2 heterocycles. The summed E-state index contributed by atoms with van der Waals surface area (Å²) in [5, 5.41) is 2.88. The highest BCUT2D eigenvalue weighted by molar-refractivity contribution is 5.98. The van der Waals surface area contributed by atoms with Crippen LogP contribution in [0.1, 0.15) is 21.5 Å². The first-order valence-electron chi connectivity index (χ1n) is 9.89. The Bertz CT molecular complexity index is 1020. The van der Waals surface area contributed by atoms with E-state index in [1.807, 2.05) is 31.2 Å². The molecule has 1 aliphatic heterocycles. The van der Waals surface area contributed by atoms with E-state index in [9.17, 15) is 9.18 Å². The van der Waals surface area contributed by atoms with Gasteiger partial charge in [0.2, 0.25) is 0 Å². The van der Waals surface area contributed by atoms with Gasteiger partial charge in [0, 0.05) is 31.4 Å². The molecule has 0 saturated carbocycles. The van der Waals surface area contributed by atoms with Crippen molar-refractivity contribution in [3.8, 4) is 11.4 Å². The SMILES string of the molecule is Cc1ccc(-c2ncc(C(=O)NCc3ccc(F)cc3)c(N3CCOCC3)n2)cc1. The van der Waals surface area contributed by atoms with Crippen LogP contribution in [-0.2, 0) is 11.3 Å². The first-order chi connectivity index (χ1) is 14.6. The maximum Gasteiger partial charge on any atom is 0.256 e. The number of rotatable bonds is 5. The number of ether oxygens (including phenoxy) is 1. The molecular weight excluding hydrogens is 383 g/mol. The fourth-order valence-electron chi connectivity index (χ4n) is 3.27. The monoisotopic (exact) mass is 406 g/mol. The number of carbonyl (C=O) groups is 1. The summed E-state index contributed by atoms with van der Waals surface area (Å²) in [6.45, 7) is 4.80. The lowest BCUT2D eigenvalue weighted by Crippen LogP contribution is -2.38. The van der Waals surface area contributed by atoms with E-state index in [-0.39, 0.29) is 11.7 Å². The molecule has 4 rings (SSSR count). The van der Waals surface area contributed by atoms with Crippen molar-refractivity contribution in [2.24, 2.45) is 0 Å². The molecule has 30 heavy (non-hydrogen) atoms. The molecule has 6 nitrogen and oxygen atoms in total. The van der Waals surface area contributed by atoms with Gasteiger partial charge in [-0.1, -0.05) is 42.0 Å². The summed E-state index contributed by atoms with van der Waals surface area (Å²) in [7, 11) is 0. The van der Waals surface area contributed by atoms with Crippen molar-refractivity contribution >= 4 is 11.7 Å². The predicted octanol–water partition coefficient (Wildman–Crippen LogP) is 3.36. The van der Waals surface area contributed by atoms with E-state index < -0.39 is 0 Å². The Labute approximate surface area is 174 Å². The van der Waals surface area contributed by atoms with Gasteiger partial charge in [0.05, 0.1) is 13.2 Å². The molecule has 1 amide bonds. The van der Waals surface area contributed by atoms with Crippen molar-refractivity contribution in [2.75, 3.05) is 31.2 Å². The van der Waals surface area contributed by atoms with Gasteiger partial charge in [-0.2, -0.15) is 0 Å². The molecule has 1 saturated heterocycles. The molecule has 154 valence electrons. The van der Waals surface area contributed by atoms with Gasteiger partial charge in [-0.3, -0.25) is 4.79 Å². The number of benzene rings is 2. The van der Waals surface area contributed by atoms with Gasteiger partial charge in [-0.05, 0) is 24.6 Å². The van der Waals surface area contributed by atoms with Crippen LogP contribution in [0, 0.1) is 12.7 Å². The van der Waals surface area contributed by atoms with Crippen LogP contribution in [0.5, 0.6) is 0 Å². The summed E-state index contributed by atoms with van der Waals surface area (Å²) in [6.07, 6.45) is 1.58. The van der Waals surface area contributed by atoms with Gasteiger partial charge in [-0.25, -0.2) is 14.4 Å². The van der Waals surface area contributed by atoms with E-state index in [1.54, 1.807) is 18.3 Å². The maximum absolute atomic E-state index is 13.1. The summed E-state index contributed by atoms with van der Waals surface area (Å²) >= 11 is 0. The smallest absolute Gasteiger partial charge is 0.256 e. The third-order valence-corrected chi connectivity index (χ3v) is 5.00. The van der Waals surface area contributed by atoms with Gasteiger partial charge >= 0.3 is 0 Å². The molecule has 3 aromatic rings. The van der Waals surface area contributed by atoms with Gasteiger partial charge in [0.15, 0.2) is 5.82 Å². The van der Waals surface area contributed by atoms with Crippen LogP contribution in [0.25, 0.3) is 11.4 Å². The highest BCUT2D eigenvalue weighted by Crippen LogP contribution is 2.24. The molecular formula is C23H23FN4O2. The van der Waals surface area contributed by atoms with Crippen molar-refractivity contribution in [3.63, 3.8) is 0 Å². The van der Waals surface area contributed by atoms with Gasteiger partial charge in [0.25, 0.3) is 5.91 Å². The van der Waals surface area contributed by atoms with E-state index in [2.05, 4.69) is 15.2 Å². The average Bonchev–Trinajstić information content (AvgIpc) is 2.79. The molecule has 0 aliphatic carbocycles. The zero-order chi connectivity index (χ0) is 20.9. The van der Waals surface area contributed by atoms with Crippen LogP contribution >= 0.6 is 0 Å². The van der Waals surface area contributed by atoms with Crippen LogP contribution < -0.4 is 10.2 Å². The Balaban J connectivity index is 1.60. The number of aryl methyl sites for hydroxylation is 1. The number of morpholine rings is 1. The van der Waals surface area contributed by atoms with Crippen LogP contribution in [-0.4, -0.2) is 42.2 Å². The second-order valence-electron chi connectivity index (χ2n) is 7.21. The number of hydrogen-bond acceptors (Lipinski definition) is 5. The summed E-state index contributed by atoms with van der Waals surface area (Å²) in [5.41, 5.74) is 3.28. The van der Waals surface area contributed by atoms with Crippen molar-refractivity contribution in [1.29, 1.82) is 0 Å². The van der Waals surface area contributed by atoms with E-state index >= 15 is 0 Å². The summed E-state index contributed by atoms with van der Waals surface area (Å²) in [5.74, 6) is 0.600. The van der Waals surface area contributed by atoms with E-state index in [0.717, 1.165) is 16.7 Å². The first-order valence-corrected chi connectivity index (χ1v) is 9.89. The van der Waals surface area contributed by atoms with Crippen LogP contribution in [0.3, 0.4) is 0 Å². The molecule has 0 bridgehead atoms.